The van der Waals surface area contributed by atoms with E-state index in [0.717, 1.165) is 5.69 Å². The molecule has 0 aromatic heterocycles. The van der Waals surface area contributed by atoms with E-state index in [1.54, 1.807) is 12.1 Å². The van der Waals surface area contributed by atoms with Gasteiger partial charge in [-0.25, -0.2) is 0 Å². The van der Waals surface area contributed by atoms with Gasteiger partial charge >= 0.3 is 0 Å². The normalized spacial score (nSPS) is 9.42. The summed E-state index contributed by atoms with van der Waals surface area (Å²) in [6.07, 6.45) is 1.89. The third kappa shape index (κ3) is 2.13. The van der Waals surface area contributed by atoms with Gasteiger partial charge in [-0.15, -0.1) is 0 Å². The number of nitro groups is 1. The average molecular weight is 184 g/mol. The Morgan fingerprint density at radius 1 is 1.42 bits per heavy atom. The molecule has 1 aromatic rings. The summed E-state index contributed by atoms with van der Waals surface area (Å²) in [4.78, 5) is 9.84. The number of nitro benzene ring substituents is 1. The lowest BCUT2D eigenvalue weighted by Crippen LogP contribution is -1.88. The second-order valence-electron chi connectivity index (χ2n) is 2.11. The van der Waals surface area contributed by atoms with Crippen molar-refractivity contribution in [1.82, 2.24) is 0 Å². The van der Waals surface area contributed by atoms with Gasteiger partial charge in [0.2, 0.25) is 0 Å². The summed E-state index contributed by atoms with van der Waals surface area (Å²) in [5.41, 5.74) is 0.981. The molecule has 0 aliphatic carbocycles. The maximum atomic E-state index is 10.3. The van der Waals surface area contributed by atoms with Gasteiger partial charge in [-0.2, -0.15) is 0 Å². The average Bonchev–Trinajstić information content (AvgIpc) is 2.06. The predicted octanol–water partition coefficient (Wildman–Crippen LogP) is 2.28. The van der Waals surface area contributed by atoms with Crippen LogP contribution in [0, 0.1) is 10.1 Å². The molecule has 1 rings (SSSR count). The maximum Gasteiger partial charge on any atom is 0.269 e. The van der Waals surface area contributed by atoms with Crippen molar-refractivity contribution in [3.8, 4) is 0 Å². The van der Waals surface area contributed by atoms with Crippen LogP contribution in [-0.2, 0) is 0 Å². The molecule has 12 heavy (non-hydrogen) atoms. The number of anilines is 1. The van der Waals surface area contributed by atoms with Crippen molar-refractivity contribution >= 4 is 23.3 Å². The zero-order valence-corrected chi connectivity index (χ0v) is 7.30. The minimum Gasteiger partial charge on any atom is -0.330 e. The highest BCUT2D eigenvalue weighted by atomic mass is 32.2. The van der Waals surface area contributed by atoms with Gasteiger partial charge in [-0.3, -0.25) is 10.1 Å². The van der Waals surface area contributed by atoms with Gasteiger partial charge in [-0.1, -0.05) is 11.9 Å². The molecule has 0 aliphatic rings. The first-order valence-corrected chi connectivity index (χ1v) is 4.50. The van der Waals surface area contributed by atoms with Crippen LogP contribution in [0.3, 0.4) is 0 Å². The summed E-state index contributed by atoms with van der Waals surface area (Å²) in [5, 5.41) is 10.3. The Morgan fingerprint density at radius 3 is 2.42 bits per heavy atom. The van der Waals surface area contributed by atoms with Crippen LogP contribution in [0.15, 0.2) is 24.3 Å². The molecule has 4 nitrogen and oxygen atoms in total. The van der Waals surface area contributed by atoms with Crippen molar-refractivity contribution in [3.63, 3.8) is 0 Å². The van der Waals surface area contributed by atoms with E-state index in [1.165, 1.54) is 24.1 Å². The van der Waals surface area contributed by atoms with Crippen molar-refractivity contribution < 1.29 is 4.92 Å². The smallest absolute Gasteiger partial charge is 0.269 e. The maximum absolute atomic E-state index is 10.3. The van der Waals surface area contributed by atoms with Gasteiger partial charge in [-0.05, 0) is 12.1 Å². The van der Waals surface area contributed by atoms with Crippen molar-refractivity contribution in [2.75, 3.05) is 11.0 Å². The van der Waals surface area contributed by atoms with Crippen LogP contribution in [0.5, 0.6) is 0 Å². The molecule has 1 N–H and O–H groups in total. The third-order valence-corrected chi connectivity index (χ3v) is 1.74. The minimum atomic E-state index is -0.414. The molecule has 0 heterocycles. The number of hydrogen-bond acceptors (Lipinski definition) is 4. The zero-order chi connectivity index (χ0) is 8.97. The van der Waals surface area contributed by atoms with Crippen LogP contribution in [0.25, 0.3) is 0 Å². The van der Waals surface area contributed by atoms with Gasteiger partial charge in [0.1, 0.15) is 0 Å². The molecule has 0 aliphatic heterocycles. The zero-order valence-electron chi connectivity index (χ0n) is 6.48. The fraction of sp³-hybridized carbons (Fsp3) is 0.143. The highest BCUT2D eigenvalue weighted by Gasteiger charge is 2.02. The Balaban J connectivity index is 2.78. The van der Waals surface area contributed by atoms with E-state index in [4.69, 9.17) is 0 Å². The second kappa shape index (κ2) is 3.96. The molecule has 64 valence electrons. The Bertz CT molecular complexity index is 273. The minimum absolute atomic E-state index is 0.113. The van der Waals surface area contributed by atoms with Crippen LogP contribution in [0.1, 0.15) is 0 Å². The largest absolute Gasteiger partial charge is 0.330 e. The number of benzene rings is 1. The summed E-state index contributed by atoms with van der Waals surface area (Å²) < 4.78 is 2.97. The molecular formula is C7H8N2O2S. The van der Waals surface area contributed by atoms with Crippen LogP contribution >= 0.6 is 11.9 Å². The van der Waals surface area contributed by atoms with Gasteiger partial charge in [0, 0.05) is 24.1 Å². The van der Waals surface area contributed by atoms with Crippen molar-refractivity contribution in [2.24, 2.45) is 0 Å². The first-order chi connectivity index (χ1) is 5.74. The lowest BCUT2D eigenvalue weighted by atomic mass is 10.3. The molecule has 0 atom stereocenters. The summed E-state index contributed by atoms with van der Waals surface area (Å²) in [7, 11) is 0. The predicted molar refractivity (Wildman–Crippen MR) is 50.2 cm³/mol. The topological polar surface area (TPSA) is 55.2 Å². The first kappa shape index (κ1) is 8.86. The standard InChI is InChI=1S/C7H8N2O2S/c1-12-8-6-2-4-7(5-3-6)9(10)11/h2-5,8H,1H3. The van der Waals surface area contributed by atoms with Crippen molar-refractivity contribution in [2.45, 2.75) is 0 Å². The van der Waals surface area contributed by atoms with E-state index in [2.05, 4.69) is 4.72 Å². The van der Waals surface area contributed by atoms with E-state index in [0.29, 0.717) is 0 Å². The van der Waals surface area contributed by atoms with Crippen LogP contribution in [0.2, 0.25) is 0 Å². The molecule has 5 heteroatoms. The van der Waals surface area contributed by atoms with E-state index < -0.39 is 4.92 Å². The number of non-ortho nitro benzene ring substituents is 1. The van der Waals surface area contributed by atoms with Crippen LogP contribution in [-0.4, -0.2) is 11.2 Å². The molecular weight excluding hydrogens is 176 g/mol. The second-order valence-corrected chi connectivity index (χ2v) is 2.72. The summed E-state index contributed by atoms with van der Waals surface area (Å²) in [5.74, 6) is 0. The molecule has 0 spiro atoms. The Hall–Kier alpha value is -1.23. The molecule has 0 bridgehead atoms. The highest BCUT2D eigenvalue weighted by Crippen LogP contribution is 2.16. The fourth-order valence-corrected chi connectivity index (χ4v) is 1.14. The summed E-state index contributed by atoms with van der Waals surface area (Å²) >= 11 is 1.45. The fourth-order valence-electron chi connectivity index (χ4n) is 0.769. The molecule has 0 amide bonds. The number of hydrogen-bond donors (Lipinski definition) is 1. The van der Waals surface area contributed by atoms with E-state index >= 15 is 0 Å². The number of nitrogens with one attached hydrogen (secondary N) is 1. The van der Waals surface area contributed by atoms with E-state index in [-0.39, 0.29) is 5.69 Å². The Labute approximate surface area is 74.3 Å². The number of nitrogens with zero attached hydrogens (tertiary/aromatic N) is 1. The molecule has 0 saturated carbocycles. The van der Waals surface area contributed by atoms with Crippen molar-refractivity contribution in [3.05, 3.63) is 34.4 Å². The lowest BCUT2D eigenvalue weighted by molar-refractivity contribution is -0.384. The Morgan fingerprint density at radius 2 is 2.00 bits per heavy atom. The SMILES string of the molecule is CSNc1ccc([N+](=O)[O-])cc1. The first-order valence-electron chi connectivity index (χ1n) is 3.27. The quantitative estimate of drug-likeness (QED) is 0.445. The molecule has 0 radical (unpaired) electrons. The summed E-state index contributed by atoms with van der Waals surface area (Å²) in [6, 6.07) is 6.29. The monoisotopic (exact) mass is 184 g/mol. The molecule has 1 aromatic carbocycles. The van der Waals surface area contributed by atoms with Gasteiger partial charge < -0.3 is 4.72 Å². The van der Waals surface area contributed by atoms with Crippen LogP contribution < -0.4 is 4.72 Å². The van der Waals surface area contributed by atoms with Gasteiger partial charge in [0.25, 0.3) is 5.69 Å². The third-order valence-electron chi connectivity index (χ3n) is 1.30. The Kier molecular flexibility index (Phi) is 2.93. The van der Waals surface area contributed by atoms with E-state index in [9.17, 15) is 10.1 Å². The molecule has 0 fully saturated rings. The van der Waals surface area contributed by atoms with E-state index in [1.807, 2.05) is 6.26 Å². The van der Waals surface area contributed by atoms with Gasteiger partial charge in [0.05, 0.1) is 4.92 Å². The lowest BCUT2D eigenvalue weighted by Gasteiger charge is -1.99. The number of rotatable bonds is 3. The van der Waals surface area contributed by atoms with Crippen LogP contribution in [0.4, 0.5) is 11.4 Å². The van der Waals surface area contributed by atoms with Crippen molar-refractivity contribution in [1.29, 1.82) is 0 Å². The summed E-state index contributed by atoms with van der Waals surface area (Å²) in [6.45, 7) is 0. The molecule has 0 unspecified atom stereocenters. The molecule has 0 saturated heterocycles. The van der Waals surface area contributed by atoms with Gasteiger partial charge in [0.15, 0.2) is 0 Å². The highest BCUT2D eigenvalue weighted by molar-refractivity contribution is 7.99.